The predicted octanol–water partition coefficient (Wildman–Crippen LogP) is 0.469. The predicted molar refractivity (Wildman–Crippen MR) is 80.7 cm³/mol. The summed E-state index contributed by atoms with van der Waals surface area (Å²) >= 11 is 0. The van der Waals surface area contributed by atoms with Crippen molar-refractivity contribution in [2.75, 3.05) is 31.5 Å². The molecule has 2 heterocycles. The van der Waals surface area contributed by atoms with Gasteiger partial charge in [0.1, 0.15) is 17.9 Å². The Hall–Kier alpha value is -2.64. The molecule has 1 aromatic heterocycles. The van der Waals surface area contributed by atoms with E-state index in [0.717, 1.165) is 12.8 Å². The number of amides is 1. The SMILES string of the molecule is N#Cc1ccc(NCCNCC(=O)N2CCC[C@@H]2C#N)nc1. The van der Waals surface area contributed by atoms with E-state index in [1.165, 1.54) is 6.20 Å². The molecule has 1 fully saturated rings. The standard InChI is InChI=1S/C15H18N6O/c16-8-12-3-4-14(20-10-12)19-6-5-18-11-15(22)21-7-1-2-13(21)9-17/h3-4,10,13,18H,1-2,5-7,11H2,(H,19,20)/t13-/m1/s1. The lowest BCUT2D eigenvalue weighted by molar-refractivity contribution is -0.130. The lowest BCUT2D eigenvalue weighted by atomic mass is 10.2. The van der Waals surface area contributed by atoms with Crippen LogP contribution < -0.4 is 10.6 Å². The summed E-state index contributed by atoms with van der Waals surface area (Å²) < 4.78 is 0. The van der Waals surface area contributed by atoms with Gasteiger partial charge in [0.25, 0.3) is 0 Å². The van der Waals surface area contributed by atoms with Gasteiger partial charge in [0, 0.05) is 25.8 Å². The maximum absolute atomic E-state index is 12.0. The minimum absolute atomic E-state index is 0.0273. The Balaban J connectivity index is 1.64. The van der Waals surface area contributed by atoms with E-state index in [9.17, 15) is 4.79 Å². The Morgan fingerprint density at radius 2 is 2.27 bits per heavy atom. The fourth-order valence-electron chi connectivity index (χ4n) is 2.34. The minimum atomic E-state index is -0.268. The largest absolute Gasteiger partial charge is 0.369 e. The van der Waals surface area contributed by atoms with Crippen LogP contribution in [0.5, 0.6) is 0 Å². The molecule has 2 N–H and O–H groups in total. The number of nitrogens with one attached hydrogen (secondary N) is 2. The molecule has 7 nitrogen and oxygen atoms in total. The maximum atomic E-state index is 12.0. The van der Waals surface area contributed by atoms with Crippen LogP contribution >= 0.6 is 0 Å². The molecule has 1 saturated heterocycles. The summed E-state index contributed by atoms with van der Waals surface area (Å²) in [5, 5.41) is 23.8. The van der Waals surface area contributed by atoms with Gasteiger partial charge in [-0.05, 0) is 25.0 Å². The molecule has 2 rings (SSSR count). The summed E-state index contributed by atoms with van der Waals surface area (Å²) in [4.78, 5) is 17.7. The number of carbonyl (C=O) groups excluding carboxylic acids is 1. The molecule has 114 valence electrons. The van der Waals surface area contributed by atoms with E-state index in [1.54, 1.807) is 17.0 Å². The van der Waals surface area contributed by atoms with Gasteiger partial charge in [-0.15, -0.1) is 0 Å². The third-order valence-electron chi connectivity index (χ3n) is 3.50. The van der Waals surface area contributed by atoms with Crippen LogP contribution in [0.1, 0.15) is 18.4 Å². The minimum Gasteiger partial charge on any atom is -0.369 e. The number of rotatable bonds is 6. The van der Waals surface area contributed by atoms with Gasteiger partial charge < -0.3 is 15.5 Å². The number of pyridine rings is 1. The second kappa shape index (κ2) is 7.96. The Morgan fingerprint density at radius 3 is 2.95 bits per heavy atom. The van der Waals surface area contributed by atoms with E-state index in [0.29, 0.717) is 31.0 Å². The van der Waals surface area contributed by atoms with Gasteiger partial charge in [-0.2, -0.15) is 10.5 Å². The zero-order valence-corrected chi connectivity index (χ0v) is 12.2. The summed E-state index contributed by atoms with van der Waals surface area (Å²) in [6.07, 6.45) is 3.18. The summed E-state index contributed by atoms with van der Waals surface area (Å²) in [5.41, 5.74) is 0.520. The number of carbonyl (C=O) groups is 1. The number of nitrogens with zero attached hydrogens (tertiary/aromatic N) is 4. The first-order valence-corrected chi connectivity index (χ1v) is 7.24. The van der Waals surface area contributed by atoms with Gasteiger partial charge in [0.2, 0.25) is 5.91 Å². The summed E-state index contributed by atoms with van der Waals surface area (Å²) in [6, 6.07) is 7.34. The Morgan fingerprint density at radius 1 is 1.41 bits per heavy atom. The van der Waals surface area contributed by atoms with Crippen molar-refractivity contribution in [3.63, 3.8) is 0 Å². The quantitative estimate of drug-likeness (QED) is 0.740. The van der Waals surface area contributed by atoms with Crippen LogP contribution in [0.3, 0.4) is 0 Å². The molecule has 1 aromatic rings. The van der Waals surface area contributed by atoms with Gasteiger partial charge in [-0.3, -0.25) is 4.79 Å². The molecule has 0 bridgehead atoms. The van der Waals surface area contributed by atoms with Crippen molar-refractivity contribution < 1.29 is 4.79 Å². The van der Waals surface area contributed by atoms with Crippen LogP contribution in [0.4, 0.5) is 5.82 Å². The fraction of sp³-hybridized carbons (Fsp3) is 0.467. The maximum Gasteiger partial charge on any atom is 0.237 e. The van der Waals surface area contributed by atoms with Crippen LogP contribution in [0, 0.1) is 22.7 Å². The van der Waals surface area contributed by atoms with E-state index in [1.807, 2.05) is 6.07 Å². The molecule has 0 saturated carbocycles. The lowest BCUT2D eigenvalue weighted by Gasteiger charge is -2.19. The molecule has 0 aromatic carbocycles. The molecule has 1 amide bonds. The number of likely N-dealkylation sites (tertiary alicyclic amines) is 1. The van der Waals surface area contributed by atoms with Crippen LogP contribution in [0.25, 0.3) is 0 Å². The van der Waals surface area contributed by atoms with E-state index in [4.69, 9.17) is 10.5 Å². The fourth-order valence-corrected chi connectivity index (χ4v) is 2.34. The first-order valence-electron chi connectivity index (χ1n) is 7.24. The van der Waals surface area contributed by atoms with E-state index in [-0.39, 0.29) is 18.5 Å². The number of aromatic nitrogens is 1. The molecular weight excluding hydrogens is 280 g/mol. The third kappa shape index (κ3) is 4.18. The van der Waals surface area contributed by atoms with Crippen molar-refractivity contribution in [2.45, 2.75) is 18.9 Å². The summed E-state index contributed by atoms with van der Waals surface area (Å²) in [6.45, 7) is 2.14. The lowest BCUT2D eigenvalue weighted by Crippen LogP contribution is -2.41. The second-order valence-corrected chi connectivity index (χ2v) is 5.02. The van der Waals surface area contributed by atoms with Crippen molar-refractivity contribution in [3.8, 4) is 12.1 Å². The second-order valence-electron chi connectivity index (χ2n) is 5.02. The Bertz CT molecular complexity index is 586. The van der Waals surface area contributed by atoms with Crippen LogP contribution in [0.2, 0.25) is 0 Å². The zero-order valence-electron chi connectivity index (χ0n) is 12.2. The van der Waals surface area contributed by atoms with E-state index >= 15 is 0 Å². The molecule has 22 heavy (non-hydrogen) atoms. The highest BCUT2D eigenvalue weighted by atomic mass is 16.2. The van der Waals surface area contributed by atoms with Gasteiger partial charge in [-0.25, -0.2) is 4.98 Å². The Labute approximate surface area is 129 Å². The topological polar surface area (TPSA) is 105 Å². The van der Waals surface area contributed by atoms with Crippen molar-refractivity contribution >= 4 is 11.7 Å². The highest BCUT2D eigenvalue weighted by molar-refractivity contribution is 5.79. The van der Waals surface area contributed by atoms with Crippen molar-refractivity contribution in [2.24, 2.45) is 0 Å². The van der Waals surface area contributed by atoms with Gasteiger partial charge >= 0.3 is 0 Å². The molecule has 0 spiro atoms. The average molecular weight is 298 g/mol. The number of nitriles is 2. The molecule has 0 unspecified atom stereocenters. The number of hydrogen-bond donors (Lipinski definition) is 2. The Kier molecular flexibility index (Phi) is 5.70. The zero-order chi connectivity index (χ0) is 15.8. The average Bonchev–Trinajstić information content (AvgIpc) is 3.03. The first kappa shape index (κ1) is 15.7. The number of hydrogen-bond acceptors (Lipinski definition) is 6. The van der Waals surface area contributed by atoms with E-state index < -0.39 is 0 Å². The van der Waals surface area contributed by atoms with Gasteiger partial charge in [0.15, 0.2) is 0 Å². The molecule has 0 aliphatic carbocycles. The summed E-state index contributed by atoms with van der Waals surface area (Å²) in [5.74, 6) is 0.664. The smallest absolute Gasteiger partial charge is 0.237 e. The van der Waals surface area contributed by atoms with Crippen molar-refractivity contribution in [3.05, 3.63) is 23.9 Å². The van der Waals surface area contributed by atoms with Crippen LogP contribution in [-0.4, -0.2) is 48.0 Å². The van der Waals surface area contributed by atoms with E-state index in [2.05, 4.69) is 21.7 Å². The van der Waals surface area contributed by atoms with Crippen molar-refractivity contribution in [1.29, 1.82) is 10.5 Å². The monoisotopic (exact) mass is 298 g/mol. The first-order chi connectivity index (χ1) is 10.7. The number of anilines is 1. The third-order valence-corrected chi connectivity index (χ3v) is 3.50. The molecule has 1 aliphatic rings. The summed E-state index contributed by atoms with van der Waals surface area (Å²) in [7, 11) is 0. The van der Waals surface area contributed by atoms with Crippen molar-refractivity contribution in [1.82, 2.24) is 15.2 Å². The molecule has 1 atom stereocenters. The molecule has 0 radical (unpaired) electrons. The van der Waals surface area contributed by atoms with Gasteiger partial charge in [-0.1, -0.05) is 0 Å². The molecule has 7 heteroatoms. The highest BCUT2D eigenvalue weighted by Crippen LogP contribution is 2.15. The molecule has 1 aliphatic heterocycles. The van der Waals surface area contributed by atoms with Crippen LogP contribution in [-0.2, 0) is 4.79 Å². The normalized spacial score (nSPS) is 16.8. The molecular formula is C15H18N6O. The van der Waals surface area contributed by atoms with Gasteiger partial charge in [0.05, 0.1) is 18.2 Å². The highest BCUT2D eigenvalue weighted by Gasteiger charge is 2.27. The van der Waals surface area contributed by atoms with Crippen LogP contribution in [0.15, 0.2) is 18.3 Å².